The molecule has 1 atom stereocenters. The molecule has 0 radical (unpaired) electrons. The van der Waals surface area contributed by atoms with E-state index in [0.717, 1.165) is 18.4 Å². The van der Waals surface area contributed by atoms with Crippen LogP contribution in [0.4, 0.5) is 0 Å². The molecule has 7 nitrogen and oxygen atoms in total. The number of carbonyl (C=O) groups is 3. The molecule has 1 aliphatic carbocycles. The van der Waals surface area contributed by atoms with E-state index in [4.69, 9.17) is 17.0 Å². The lowest BCUT2D eigenvalue weighted by Crippen LogP contribution is -2.60. The first kappa shape index (κ1) is 21.2. The smallest absolute Gasteiger partial charge is 0.308 e. The first-order chi connectivity index (χ1) is 14.0. The predicted molar refractivity (Wildman–Crippen MR) is 112 cm³/mol. The molecule has 2 amide bonds. The quantitative estimate of drug-likeness (QED) is 0.543. The summed E-state index contributed by atoms with van der Waals surface area (Å²) >= 11 is 5.38. The summed E-state index contributed by atoms with van der Waals surface area (Å²) in [6.07, 6.45) is 4.80. The van der Waals surface area contributed by atoms with E-state index in [-0.39, 0.29) is 30.0 Å². The number of hydrogen-bond donors (Lipinski definition) is 2. The first-order valence-corrected chi connectivity index (χ1v) is 10.5. The molecule has 156 valence electrons. The van der Waals surface area contributed by atoms with Crippen LogP contribution >= 0.6 is 12.2 Å². The number of esters is 1. The highest BCUT2D eigenvalue weighted by Gasteiger charge is 2.34. The Labute approximate surface area is 176 Å². The van der Waals surface area contributed by atoms with Gasteiger partial charge in [0.25, 0.3) is 0 Å². The molecule has 1 aromatic rings. The normalized spacial score (nSPS) is 19.5. The van der Waals surface area contributed by atoms with E-state index in [1.54, 1.807) is 4.90 Å². The van der Waals surface area contributed by atoms with Gasteiger partial charge in [0.15, 0.2) is 5.11 Å². The molecule has 2 N–H and O–H groups in total. The van der Waals surface area contributed by atoms with E-state index < -0.39 is 12.0 Å². The largest absolute Gasteiger partial charge is 0.461 e. The summed E-state index contributed by atoms with van der Waals surface area (Å²) < 4.78 is 5.30. The van der Waals surface area contributed by atoms with Crippen LogP contribution in [0.15, 0.2) is 30.3 Å². The highest BCUT2D eigenvalue weighted by molar-refractivity contribution is 7.80. The lowest BCUT2D eigenvalue weighted by molar-refractivity contribution is -0.148. The number of nitrogens with one attached hydrogen (secondary N) is 2. The summed E-state index contributed by atoms with van der Waals surface area (Å²) in [5.74, 6) is -0.495. The summed E-state index contributed by atoms with van der Waals surface area (Å²) in [7, 11) is 0. The van der Waals surface area contributed by atoms with Crippen LogP contribution in [0.2, 0.25) is 0 Å². The van der Waals surface area contributed by atoms with Crippen LogP contribution in [0.3, 0.4) is 0 Å². The highest BCUT2D eigenvalue weighted by atomic mass is 32.1. The fourth-order valence-electron chi connectivity index (χ4n) is 3.83. The van der Waals surface area contributed by atoms with Gasteiger partial charge in [-0.25, -0.2) is 0 Å². The summed E-state index contributed by atoms with van der Waals surface area (Å²) in [4.78, 5) is 38.6. The second-order valence-electron chi connectivity index (χ2n) is 7.56. The van der Waals surface area contributed by atoms with Crippen LogP contribution in [0.1, 0.15) is 44.1 Å². The average Bonchev–Trinajstić information content (AvgIpc) is 3.21. The Morgan fingerprint density at radius 1 is 1.17 bits per heavy atom. The summed E-state index contributed by atoms with van der Waals surface area (Å²) in [6, 6.07) is 8.56. The van der Waals surface area contributed by atoms with Gasteiger partial charge in [0, 0.05) is 19.5 Å². The fourth-order valence-corrected chi connectivity index (χ4v) is 4.17. The second-order valence-corrected chi connectivity index (χ2v) is 7.95. The zero-order valence-electron chi connectivity index (χ0n) is 16.4. The summed E-state index contributed by atoms with van der Waals surface area (Å²) in [6.45, 7) is 0.995. The van der Waals surface area contributed by atoms with E-state index in [2.05, 4.69) is 10.6 Å². The Kier molecular flexibility index (Phi) is 7.57. The molecule has 8 heteroatoms. The Hall–Kier alpha value is -2.48. The lowest BCUT2D eigenvalue weighted by Gasteiger charge is -2.36. The minimum atomic E-state index is -0.786. The van der Waals surface area contributed by atoms with Gasteiger partial charge in [0.1, 0.15) is 12.6 Å². The molecule has 1 unspecified atom stereocenters. The molecule has 1 aromatic carbocycles. The third-order valence-electron chi connectivity index (χ3n) is 5.39. The van der Waals surface area contributed by atoms with Gasteiger partial charge in [-0.15, -0.1) is 0 Å². The van der Waals surface area contributed by atoms with Crippen molar-refractivity contribution in [3.8, 4) is 0 Å². The molecule has 1 aliphatic heterocycles. The van der Waals surface area contributed by atoms with Crippen LogP contribution in [0, 0.1) is 5.92 Å². The first-order valence-electron chi connectivity index (χ1n) is 10.1. The number of ether oxygens (including phenoxy) is 1. The molecule has 1 saturated heterocycles. The Morgan fingerprint density at radius 3 is 2.62 bits per heavy atom. The fraction of sp³-hybridized carbons (Fsp3) is 0.524. The molecule has 0 spiro atoms. The number of amides is 2. The van der Waals surface area contributed by atoms with Crippen molar-refractivity contribution in [2.24, 2.45) is 5.92 Å². The third kappa shape index (κ3) is 6.25. The number of thiocarbonyl (C=S) groups is 1. The van der Waals surface area contributed by atoms with E-state index in [9.17, 15) is 14.4 Å². The Balaban J connectivity index is 1.53. The second kappa shape index (κ2) is 10.3. The van der Waals surface area contributed by atoms with Gasteiger partial charge < -0.3 is 20.3 Å². The van der Waals surface area contributed by atoms with Crippen molar-refractivity contribution in [1.29, 1.82) is 0 Å². The van der Waals surface area contributed by atoms with Crippen molar-refractivity contribution >= 4 is 35.1 Å². The average molecular weight is 418 g/mol. The van der Waals surface area contributed by atoms with Gasteiger partial charge in [-0.3, -0.25) is 14.4 Å². The van der Waals surface area contributed by atoms with Gasteiger partial charge in [-0.05, 0) is 36.5 Å². The SMILES string of the molecule is O=C(CC1CCCC1)NC(=S)N1CCNC(=O)C1CC(=O)OCc1ccccc1. The molecule has 1 saturated carbocycles. The van der Waals surface area contributed by atoms with Crippen molar-refractivity contribution in [3.05, 3.63) is 35.9 Å². The van der Waals surface area contributed by atoms with Gasteiger partial charge in [-0.1, -0.05) is 43.2 Å². The molecule has 1 heterocycles. The minimum absolute atomic E-state index is 0.127. The zero-order chi connectivity index (χ0) is 20.6. The van der Waals surface area contributed by atoms with Gasteiger partial charge in [0.05, 0.1) is 6.42 Å². The molecular weight excluding hydrogens is 390 g/mol. The van der Waals surface area contributed by atoms with Crippen LogP contribution in [0.5, 0.6) is 0 Å². The van der Waals surface area contributed by atoms with Crippen LogP contribution < -0.4 is 10.6 Å². The Morgan fingerprint density at radius 2 is 1.90 bits per heavy atom. The molecular formula is C21H27N3O4S. The van der Waals surface area contributed by atoms with E-state index in [0.29, 0.717) is 25.4 Å². The van der Waals surface area contributed by atoms with E-state index in [1.807, 2.05) is 30.3 Å². The van der Waals surface area contributed by atoms with Gasteiger partial charge in [-0.2, -0.15) is 0 Å². The maximum atomic E-state index is 12.4. The van der Waals surface area contributed by atoms with Gasteiger partial charge >= 0.3 is 5.97 Å². The van der Waals surface area contributed by atoms with Crippen molar-refractivity contribution in [2.45, 2.75) is 51.2 Å². The number of benzene rings is 1. The Bertz CT molecular complexity index is 750. The maximum absolute atomic E-state index is 12.4. The summed E-state index contributed by atoms with van der Waals surface area (Å²) in [5, 5.41) is 5.69. The monoisotopic (exact) mass is 417 g/mol. The van der Waals surface area contributed by atoms with Crippen molar-refractivity contribution in [3.63, 3.8) is 0 Å². The van der Waals surface area contributed by atoms with Gasteiger partial charge in [0.2, 0.25) is 11.8 Å². The number of hydrogen-bond acceptors (Lipinski definition) is 5. The van der Waals surface area contributed by atoms with Crippen LogP contribution in [-0.2, 0) is 25.7 Å². The topological polar surface area (TPSA) is 87.7 Å². The molecule has 3 rings (SSSR count). The lowest BCUT2D eigenvalue weighted by atomic mass is 10.0. The third-order valence-corrected chi connectivity index (χ3v) is 5.73. The highest BCUT2D eigenvalue weighted by Crippen LogP contribution is 2.27. The molecule has 2 fully saturated rings. The maximum Gasteiger partial charge on any atom is 0.308 e. The van der Waals surface area contributed by atoms with Crippen LogP contribution in [-0.4, -0.2) is 46.9 Å². The molecule has 0 aromatic heterocycles. The molecule has 2 aliphatic rings. The van der Waals surface area contributed by atoms with Crippen molar-refractivity contribution in [2.75, 3.05) is 13.1 Å². The number of nitrogens with zero attached hydrogens (tertiary/aromatic N) is 1. The standard InChI is InChI=1S/C21H27N3O4S/c25-18(12-15-6-4-5-7-15)23-21(29)24-11-10-22-20(27)17(24)13-19(26)28-14-16-8-2-1-3-9-16/h1-3,8-9,15,17H,4-7,10-14H2,(H,22,27)(H,23,25,29). The zero-order valence-corrected chi connectivity index (χ0v) is 17.2. The number of carbonyl (C=O) groups excluding carboxylic acids is 3. The minimum Gasteiger partial charge on any atom is -0.461 e. The molecule has 0 bridgehead atoms. The van der Waals surface area contributed by atoms with Crippen LogP contribution in [0.25, 0.3) is 0 Å². The number of piperazine rings is 1. The predicted octanol–water partition coefficient (Wildman–Crippen LogP) is 1.90. The van der Waals surface area contributed by atoms with Crippen molar-refractivity contribution < 1.29 is 19.1 Å². The number of rotatable bonds is 6. The van der Waals surface area contributed by atoms with Crippen molar-refractivity contribution in [1.82, 2.24) is 15.5 Å². The van der Waals surface area contributed by atoms with E-state index in [1.165, 1.54) is 12.8 Å². The van der Waals surface area contributed by atoms with E-state index >= 15 is 0 Å². The summed E-state index contributed by atoms with van der Waals surface area (Å²) in [5.41, 5.74) is 0.875. The molecule has 29 heavy (non-hydrogen) atoms.